The number of hydrogen-bond donors (Lipinski definition) is 9. The van der Waals surface area contributed by atoms with E-state index >= 15 is 0 Å². The Labute approximate surface area is 587 Å². The molecule has 0 radical (unpaired) electrons. The van der Waals surface area contributed by atoms with E-state index in [2.05, 4.69) is 143 Å². The zero-order chi connectivity index (χ0) is 68.0. The molecule has 0 unspecified atom stereocenters. The first-order chi connectivity index (χ1) is 42.6. The average molecular weight is 1330 g/mol. The highest BCUT2D eigenvalue weighted by Crippen LogP contribution is 2.45. The van der Waals surface area contributed by atoms with E-state index in [1.54, 1.807) is 54.6 Å². The van der Waals surface area contributed by atoms with Gasteiger partial charge in [-0.05, 0) is 187 Å². The van der Waals surface area contributed by atoms with Crippen molar-refractivity contribution in [2.45, 2.75) is 240 Å². The summed E-state index contributed by atoms with van der Waals surface area (Å²) in [6, 6.07) is 54.2. The van der Waals surface area contributed by atoms with Gasteiger partial charge in [-0.25, -0.2) is 0 Å². The fourth-order valence-corrected chi connectivity index (χ4v) is 10.6. The van der Waals surface area contributed by atoms with Gasteiger partial charge in [0.25, 0.3) is 0 Å². The van der Waals surface area contributed by atoms with Crippen LogP contribution in [0.1, 0.15) is 241 Å². The summed E-state index contributed by atoms with van der Waals surface area (Å²) in [6.07, 6.45) is 6.24. The van der Waals surface area contributed by atoms with Gasteiger partial charge in [0.2, 0.25) is 0 Å². The Kier molecular flexibility index (Phi) is 35.3. The summed E-state index contributed by atoms with van der Waals surface area (Å²) >= 11 is 0. The molecule has 97 heavy (non-hydrogen) atoms. The fourth-order valence-electron chi connectivity index (χ4n) is 10.6. The highest BCUT2D eigenvalue weighted by Gasteiger charge is 2.27. The molecule has 0 fully saturated rings. The highest BCUT2D eigenvalue weighted by molar-refractivity contribution is 6.09. The number of benzene rings is 10. The van der Waals surface area contributed by atoms with Gasteiger partial charge in [0, 0.05) is 27.6 Å². The predicted octanol–water partition coefficient (Wildman–Crippen LogP) is 26.0. The first kappa shape index (κ1) is 90.5. The smallest absolute Gasteiger partial charge is 0.157 e. The summed E-state index contributed by atoms with van der Waals surface area (Å²) in [4.78, 5) is 0. The molecule has 9 nitrogen and oxygen atoms in total. The zero-order valence-corrected chi connectivity index (χ0v) is 57.5. The number of hydrogen-bond acceptors (Lipinski definition) is 9. The second kappa shape index (κ2) is 37.8. The molecule has 9 N–H and O–H groups in total. The van der Waals surface area contributed by atoms with Crippen LogP contribution in [0.15, 0.2) is 176 Å². The number of rotatable bonds is 12. The average Bonchev–Trinajstić information content (AvgIpc) is 0.747. The van der Waals surface area contributed by atoms with Crippen LogP contribution >= 0.6 is 0 Å². The molecule has 0 atom stereocenters. The van der Waals surface area contributed by atoms with Gasteiger partial charge < -0.3 is 46.0 Å². The third kappa shape index (κ3) is 22.5. The Bertz CT molecular complexity index is 3940. The van der Waals surface area contributed by atoms with Crippen molar-refractivity contribution in [2.75, 3.05) is 0 Å². The van der Waals surface area contributed by atoms with Gasteiger partial charge in [-0.3, -0.25) is 0 Å². The van der Waals surface area contributed by atoms with Gasteiger partial charge in [0.05, 0.1) is 0 Å². The van der Waals surface area contributed by atoms with Crippen molar-refractivity contribution in [1.29, 1.82) is 0 Å². The lowest BCUT2D eigenvalue weighted by atomic mass is 9.77. The Morgan fingerprint density at radius 1 is 0.227 bits per heavy atom. The molecule has 10 aromatic rings. The Hall–Kier alpha value is -8.56. The maximum absolute atomic E-state index is 10.6. The molecule has 0 amide bonds. The van der Waals surface area contributed by atoms with Crippen LogP contribution in [0.25, 0.3) is 43.1 Å². The van der Waals surface area contributed by atoms with Gasteiger partial charge in [-0.1, -0.05) is 278 Å². The van der Waals surface area contributed by atoms with E-state index in [1.165, 1.54) is 34.4 Å². The quantitative estimate of drug-likeness (QED) is 0.0425. The van der Waals surface area contributed by atoms with Gasteiger partial charge in [0.15, 0.2) is 11.5 Å². The number of aromatic hydroxyl groups is 9. The van der Waals surface area contributed by atoms with Gasteiger partial charge in [-0.2, -0.15) is 0 Å². The molecule has 9 heteroatoms. The van der Waals surface area contributed by atoms with Crippen LogP contribution in [0.3, 0.4) is 0 Å². The topological polar surface area (TPSA) is 182 Å². The lowest BCUT2D eigenvalue weighted by Gasteiger charge is -2.27. The maximum atomic E-state index is 10.6. The monoisotopic (exact) mass is 1330 g/mol. The minimum absolute atomic E-state index is 0. The summed E-state index contributed by atoms with van der Waals surface area (Å²) in [6.45, 7) is 39.1. The minimum atomic E-state index is -0.0596. The van der Waals surface area contributed by atoms with Crippen molar-refractivity contribution in [1.82, 2.24) is 0 Å². The molecule has 0 saturated heterocycles. The summed E-state index contributed by atoms with van der Waals surface area (Å²) in [5, 5.41) is 93.9. The molecule has 534 valence electrons. The Morgan fingerprint density at radius 3 is 0.969 bits per heavy atom. The summed E-state index contributed by atoms with van der Waals surface area (Å²) in [7, 11) is 0. The molecule has 0 bridgehead atoms. The van der Waals surface area contributed by atoms with E-state index in [9.17, 15) is 35.7 Å². The first-order valence-electron chi connectivity index (χ1n) is 32.2. The van der Waals surface area contributed by atoms with Crippen molar-refractivity contribution >= 4 is 43.1 Å². The molecule has 0 aliphatic heterocycles. The van der Waals surface area contributed by atoms with Crippen LogP contribution in [-0.2, 0) is 32.5 Å². The Morgan fingerprint density at radius 2 is 0.557 bits per heavy atom. The lowest BCUT2D eigenvalue weighted by molar-refractivity contribution is 0.400. The Balaban J connectivity index is 0. The largest absolute Gasteiger partial charge is 0.508 e. The van der Waals surface area contributed by atoms with Crippen molar-refractivity contribution < 1.29 is 46.0 Å². The lowest BCUT2D eigenvalue weighted by Crippen LogP contribution is -2.16. The molecule has 0 heterocycles. The fraction of sp³-hybridized carbons (Fsp3) is 0.409. The molecule has 10 rings (SSSR count). The van der Waals surface area contributed by atoms with Crippen molar-refractivity contribution in [3.05, 3.63) is 209 Å². The van der Waals surface area contributed by atoms with Crippen molar-refractivity contribution in [2.24, 2.45) is 0 Å². The summed E-state index contributed by atoms with van der Waals surface area (Å²) in [5.74, 6) is 1.64. The van der Waals surface area contributed by atoms with E-state index in [0.717, 1.165) is 87.4 Å². The van der Waals surface area contributed by atoms with E-state index in [4.69, 9.17) is 10.2 Å². The SMILES string of the molecule is C.C.C.C.C.C.CCC(C)(C)c1c2ccccc2c(O)c2ccccc12.CCC(C)(C)c1cc(O)cc(O)c1.CCC(C)(C)c1ccc(O)c(O)c1.CCC(C)(C)c1ccc(O)c2cc(O)ccc12.CCC(C)(C)c1ccc(O)c2ccccc12.CCC(C)(C)c1ccc(O)cc1. The van der Waals surface area contributed by atoms with Crippen LogP contribution < -0.4 is 0 Å². The standard InChI is InChI=1S/C19H20O.C15H18O2.C15H18O.2C11H16O2.C11H16O.6CH4/c1-4-19(2,3)17-13-9-5-7-11-15(13)18(20)16-12-8-6-10-14(16)17;1-4-15(2,3)13-7-8-14(17)12-9-10(16)5-6-11(12)13;1-4-15(2,3)13-9-10-14(16)12-8-6-5-7-11(12)13;1-4-11(2,3)8-5-9(12)7-10(13)6-8;1-4-11(2,3)8-5-6-9(12)10(13)7-8;1-4-11(2,3)9-5-7-10(12)8-6-9;;;;;;/h5-12,20H,4H2,1-3H3;5-9,16-17H,4H2,1-3H3;5-10,16H,4H2,1-3H3;2*5-7,12-13H,4H2,1-3H3;5-8,12H,4H2,1-3H3;6*1H4. The van der Waals surface area contributed by atoms with Crippen LogP contribution in [0.4, 0.5) is 0 Å². The summed E-state index contributed by atoms with van der Waals surface area (Å²) in [5.41, 5.74) is 7.68. The van der Waals surface area contributed by atoms with Crippen LogP contribution in [-0.4, -0.2) is 46.0 Å². The van der Waals surface area contributed by atoms with Crippen molar-refractivity contribution in [3.63, 3.8) is 0 Å². The van der Waals surface area contributed by atoms with Gasteiger partial charge in [-0.15, -0.1) is 0 Å². The number of fused-ring (bicyclic) bond motifs is 4. The second-order valence-corrected chi connectivity index (χ2v) is 27.8. The van der Waals surface area contributed by atoms with Gasteiger partial charge >= 0.3 is 0 Å². The minimum Gasteiger partial charge on any atom is -0.508 e. The molecule has 0 aliphatic rings. The van der Waals surface area contributed by atoms with E-state index < -0.39 is 0 Å². The van der Waals surface area contributed by atoms with Crippen molar-refractivity contribution in [3.8, 4) is 51.7 Å². The first-order valence-corrected chi connectivity index (χ1v) is 32.2. The zero-order valence-electron chi connectivity index (χ0n) is 57.5. The van der Waals surface area contributed by atoms with E-state index in [0.29, 0.717) is 22.6 Å². The van der Waals surface area contributed by atoms with Crippen LogP contribution in [0, 0.1) is 0 Å². The predicted molar refractivity (Wildman–Crippen MR) is 424 cm³/mol. The number of phenols is 9. The third-order valence-corrected chi connectivity index (χ3v) is 19.3. The molecule has 0 saturated carbocycles. The second-order valence-electron chi connectivity index (χ2n) is 27.8. The third-order valence-electron chi connectivity index (χ3n) is 19.3. The van der Waals surface area contributed by atoms with Crippen LogP contribution in [0.5, 0.6) is 51.7 Å². The maximum Gasteiger partial charge on any atom is 0.157 e. The van der Waals surface area contributed by atoms with E-state index in [-0.39, 0.29) is 112 Å². The van der Waals surface area contributed by atoms with E-state index in [1.807, 2.05) is 91.0 Å². The molecular weight excluding hydrogens is 1200 g/mol. The normalized spacial score (nSPS) is 11.1. The molecule has 0 aromatic heterocycles. The number of phenolic OH excluding ortho intramolecular Hbond substituents is 9. The molecule has 10 aromatic carbocycles. The highest BCUT2D eigenvalue weighted by atomic mass is 16.3. The molecular formula is C88H128O9. The van der Waals surface area contributed by atoms with Gasteiger partial charge in [0.1, 0.15) is 40.2 Å². The summed E-state index contributed by atoms with van der Waals surface area (Å²) < 4.78 is 0. The molecule has 0 aliphatic carbocycles. The van der Waals surface area contributed by atoms with Crippen LogP contribution in [0.2, 0.25) is 0 Å². The molecule has 0 spiro atoms.